The van der Waals surface area contributed by atoms with E-state index in [-0.39, 0.29) is 5.91 Å². The van der Waals surface area contributed by atoms with Gasteiger partial charge in [0, 0.05) is 28.7 Å². The summed E-state index contributed by atoms with van der Waals surface area (Å²) in [5.41, 5.74) is 1.77. The minimum Gasteiger partial charge on any atom is -0.340 e. The van der Waals surface area contributed by atoms with Crippen LogP contribution in [0.5, 0.6) is 0 Å². The first-order valence-electron chi connectivity index (χ1n) is 6.36. The molecule has 1 N–H and O–H groups in total. The normalized spacial score (nSPS) is 10.8. The van der Waals surface area contributed by atoms with Crippen molar-refractivity contribution in [3.05, 3.63) is 65.1 Å². The number of anilines is 1. The van der Waals surface area contributed by atoms with Crippen LogP contribution in [0.1, 0.15) is 10.5 Å². The highest BCUT2D eigenvalue weighted by molar-refractivity contribution is 6.31. The van der Waals surface area contributed by atoms with Crippen molar-refractivity contribution in [3.8, 4) is 0 Å². The number of nitrogens with zero attached hydrogens (tertiary/aromatic N) is 1. The lowest BCUT2D eigenvalue weighted by Gasteiger charge is -2.06. The first-order valence-corrected chi connectivity index (χ1v) is 6.74. The summed E-state index contributed by atoms with van der Waals surface area (Å²) < 4.78 is 14.9. The molecule has 3 rings (SSSR count). The van der Waals surface area contributed by atoms with Gasteiger partial charge in [0.05, 0.1) is 0 Å². The number of rotatable bonds is 2. The summed E-state index contributed by atoms with van der Waals surface area (Å²) in [6, 6.07) is 13.0. The number of amides is 1. The molecule has 1 amide bonds. The topological polar surface area (TPSA) is 34.0 Å². The number of nitrogens with one attached hydrogen (secondary N) is 1. The van der Waals surface area contributed by atoms with Crippen molar-refractivity contribution in [3.63, 3.8) is 0 Å². The Morgan fingerprint density at radius 1 is 1.19 bits per heavy atom. The molecule has 0 saturated heterocycles. The van der Waals surface area contributed by atoms with E-state index in [1.165, 1.54) is 12.1 Å². The van der Waals surface area contributed by atoms with Crippen LogP contribution in [0.15, 0.2) is 48.5 Å². The lowest BCUT2D eigenvalue weighted by molar-refractivity contribution is 0.102. The molecular weight excluding hydrogens is 291 g/mol. The van der Waals surface area contributed by atoms with E-state index in [1.807, 2.05) is 6.07 Å². The second-order valence-electron chi connectivity index (χ2n) is 4.76. The van der Waals surface area contributed by atoms with Crippen LogP contribution in [0.4, 0.5) is 10.1 Å². The molecular formula is C16H12ClFN2O. The Morgan fingerprint density at radius 2 is 2.00 bits per heavy atom. The predicted octanol–water partition coefficient (Wildman–Crippen LogP) is 4.22. The summed E-state index contributed by atoms with van der Waals surface area (Å²) in [7, 11) is 1.79. The Labute approximate surface area is 125 Å². The smallest absolute Gasteiger partial charge is 0.272 e. The Hall–Kier alpha value is -2.33. The number of hydrogen-bond acceptors (Lipinski definition) is 1. The maximum Gasteiger partial charge on any atom is 0.272 e. The number of fused-ring (bicyclic) bond motifs is 1. The number of benzene rings is 2. The molecule has 0 spiro atoms. The molecule has 3 nitrogen and oxygen atoms in total. The fourth-order valence-corrected chi connectivity index (χ4v) is 2.45. The monoisotopic (exact) mass is 302 g/mol. The number of carbonyl (C=O) groups excluding carboxylic acids is 1. The number of carbonyl (C=O) groups is 1. The molecule has 21 heavy (non-hydrogen) atoms. The Kier molecular flexibility index (Phi) is 3.39. The molecule has 1 aromatic heterocycles. The average molecular weight is 303 g/mol. The molecule has 0 aliphatic heterocycles. The van der Waals surface area contributed by atoms with E-state index in [4.69, 9.17) is 11.6 Å². The van der Waals surface area contributed by atoms with Crippen molar-refractivity contribution in [1.29, 1.82) is 0 Å². The van der Waals surface area contributed by atoms with Crippen LogP contribution in [-0.2, 0) is 7.05 Å². The molecule has 0 unspecified atom stereocenters. The van der Waals surface area contributed by atoms with E-state index in [9.17, 15) is 9.18 Å². The second-order valence-corrected chi connectivity index (χ2v) is 5.19. The standard InChI is InChI=1S/C16H12ClFN2O/c1-20-14-8-11(17)6-5-10(14)7-15(20)16(21)19-13-4-2-3-12(18)9-13/h2-9H,1H3,(H,19,21). The maximum atomic E-state index is 13.1. The number of hydrogen-bond donors (Lipinski definition) is 1. The molecule has 0 aliphatic rings. The van der Waals surface area contributed by atoms with Crippen LogP contribution >= 0.6 is 11.6 Å². The molecule has 2 aromatic carbocycles. The van der Waals surface area contributed by atoms with Crippen molar-refractivity contribution in [2.24, 2.45) is 7.05 Å². The summed E-state index contributed by atoms with van der Waals surface area (Å²) in [6.45, 7) is 0. The molecule has 3 aromatic rings. The molecule has 1 heterocycles. The van der Waals surface area contributed by atoms with Gasteiger partial charge in [0.2, 0.25) is 0 Å². The number of aryl methyl sites for hydroxylation is 1. The van der Waals surface area contributed by atoms with Crippen LogP contribution in [0, 0.1) is 5.82 Å². The van der Waals surface area contributed by atoms with Gasteiger partial charge in [0.25, 0.3) is 5.91 Å². The van der Waals surface area contributed by atoms with Crippen molar-refractivity contribution in [1.82, 2.24) is 4.57 Å². The van der Waals surface area contributed by atoms with Crippen molar-refractivity contribution in [2.75, 3.05) is 5.32 Å². The third-order valence-electron chi connectivity index (χ3n) is 3.32. The molecule has 0 radical (unpaired) electrons. The first-order chi connectivity index (χ1) is 10.0. The average Bonchev–Trinajstić information content (AvgIpc) is 2.76. The zero-order chi connectivity index (χ0) is 15.0. The fraction of sp³-hybridized carbons (Fsp3) is 0.0625. The Morgan fingerprint density at radius 3 is 2.76 bits per heavy atom. The lowest BCUT2D eigenvalue weighted by Crippen LogP contribution is -2.15. The Balaban J connectivity index is 1.96. The molecule has 0 bridgehead atoms. The molecule has 0 atom stereocenters. The van der Waals surface area contributed by atoms with Crippen LogP contribution < -0.4 is 5.32 Å². The van der Waals surface area contributed by atoms with E-state index in [1.54, 1.807) is 41.9 Å². The summed E-state index contributed by atoms with van der Waals surface area (Å²) in [5, 5.41) is 4.22. The fourth-order valence-electron chi connectivity index (χ4n) is 2.28. The van der Waals surface area contributed by atoms with Gasteiger partial charge >= 0.3 is 0 Å². The van der Waals surface area contributed by atoms with E-state index in [0.29, 0.717) is 16.4 Å². The minimum absolute atomic E-state index is 0.296. The van der Waals surface area contributed by atoms with Gasteiger partial charge in [-0.3, -0.25) is 4.79 Å². The third-order valence-corrected chi connectivity index (χ3v) is 3.56. The van der Waals surface area contributed by atoms with E-state index < -0.39 is 5.82 Å². The van der Waals surface area contributed by atoms with Gasteiger partial charge in [-0.15, -0.1) is 0 Å². The first kappa shape index (κ1) is 13.6. The van der Waals surface area contributed by atoms with Crippen LogP contribution in [-0.4, -0.2) is 10.5 Å². The van der Waals surface area contributed by atoms with Gasteiger partial charge in [-0.05, 0) is 36.4 Å². The zero-order valence-corrected chi connectivity index (χ0v) is 12.0. The van der Waals surface area contributed by atoms with Crippen molar-refractivity contribution in [2.45, 2.75) is 0 Å². The zero-order valence-electron chi connectivity index (χ0n) is 11.2. The number of halogens is 2. The molecule has 5 heteroatoms. The van der Waals surface area contributed by atoms with Crippen molar-refractivity contribution < 1.29 is 9.18 Å². The van der Waals surface area contributed by atoms with E-state index in [2.05, 4.69) is 5.32 Å². The summed E-state index contributed by atoms with van der Waals surface area (Å²) in [5.74, 6) is -0.688. The van der Waals surface area contributed by atoms with Crippen LogP contribution in [0.2, 0.25) is 5.02 Å². The van der Waals surface area contributed by atoms with Crippen LogP contribution in [0.25, 0.3) is 10.9 Å². The Bertz CT molecular complexity index is 841. The van der Waals surface area contributed by atoms with Gasteiger partial charge in [-0.2, -0.15) is 0 Å². The van der Waals surface area contributed by atoms with Gasteiger partial charge < -0.3 is 9.88 Å². The molecule has 106 valence electrons. The highest BCUT2D eigenvalue weighted by Crippen LogP contribution is 2.23. The SMILES string of the molecule is Cn1c(C(=O)Nc2cccc(F)c2)cc2ccc(Cl)cc21. The van der Waals surface area contributed by atoms with Crippen LogP contribution in [0.3, 0.4) is 0 Å². The summed E-state index contributed by atoms with van der Waals surface area (Å²) in [6.07, 6.45) is 0. The summed E-state index contributed by atoms with van der Waals surface area (Å²) >= 11 is 5.97. The highest BCUT2D eigenvalue weighted by atomic mass is 35.5. The highest BCUT2D eigenvalue weighted by Gasteiger charge is 2.14. The quantitative estimate of drug-likeness (QED) is 0.755. The molecule has 0 fully saturated rings. The third kappa shape index (κ3) is 2.62. The second kappa shape index (κ2) is 5.22. The van der Waals surface area contributed by atoms with Gasteiger partial charge in [0.1, 0.15) is 11.5 Å². The lowest BCUT2D eigenvalue weighted by atomic mass is 10.2. The van der Waals surface area contributed by atoms with Crippen molar-refractivity contribution >= 4 is 34.1 Å². The summed E-state index contributed by atoms with van der Waals surface area (Å²) in [4.78, 5) is 12.3. The van der Waals surface area contributed by atoms with E-state index >= 15 is 0 Å². The number of aromatic nitrogens is 1. The van der Waals surface area contributed by atoms with Gasteiger partial charge in [0.15, 0.2) is 0 Å². The molecule has 0 aliphatic carbocycles. The predicted molar refractivity (Wildman–Crippen MR) is 82.3 cm³/mol. The largest absolute Gasteiger partial charge is 0.340 e. The maximum absolute atomic E-state index is 13.1. The van der Waals surface area contributed by atoms with Gasteiger partial charge in [-0.1, -0.05) is 23.7 Å². The van der Waals surface area contributed by atoms with E-state index in [0.717, 1.165) is 10.9 Å². The molecule has 0 saturated carbocycles. The van der Waals surface area contributed by atoms with Gasteiger partial charge in [-0.25, -0.2) is 4.39 Å². The minimum atomic E-state index is -0.392.